The highest BCUT2D eigenvalue weighted by atomic mass is 16.5. The van der Waals surface area contributed by atoms with E-state index in [-0.39, 0.29) is 6.10 Å². The maximum atomic E-state index is 5.72. The summed E-state index contributed by atoms with van der Waals surface area (Å²) in [4.78, 5) is 4.31. The Morgan fingerprint density at radius 2 is 1.95 bits per heavy atom. The number of nitrogens with one attached hydrogen (secondary N) is 1. The van der Waals surface area contributed by atoms with Crippen molar-refractivity contribution < 1.29 is 4.74 Å². The fourth-order valence-electron chi connectivity index (χ4n) is 2.12. The number of unbranched alkanes of at least 4 members (excludes halogenated alkanes) is 1. The zero-order valence-electron chi connectivity index (χ0n) is 12.9. The third-order valence-corrected chi connectivity index (χ3v) is 2.89. The topological polar surface area (TPSA) is 34.2 Å². The van der Waals surface area contributed by atoms with Crippen LogP contribution in [0.5, 0.6) is 5.75 Å². The molecule has 0 saturated heterocycles. The van der Waals surface area contributed by atoms with Crippen LogP contribution in [0.15, 0.2) is 18.5 Å². The number of pyridine rings is 1. The Morgan fingerprint density at radius 3 is 2.53 bits per heavy atom. The van der Waals surface area contributed by atoms with Gasteiger partial charge in [0.1, 0.15) is 5.75 Å². The molecule has 0 bridgehead atoms. The van der Waals surface area contributed by atoms with E-state index in [0.717, 1.165) is 12.2 Å². The summed E-state index contributed by atoms with van der Waals surface area (Å²) in [6.07, 6.45) is 7.50. The highest BCUT2D eigenvalue weighted by Gasteiger charge is 2.13. The molecule has 0 aliphatic heterocycles. The number of ether oxygens (including phenoxy) is 1. The van der Waals surface area contributed by atoms with Crippen LogP contribution in [0.4, 0.5) is 0 Å². The highest BCUT2D eigenvalue weighted by Crippen LogP contribution is 2.23. The summed E-state index contributed by atoms with van der Waals surface area (Å²) < 4.78 is 5.72. The van der Waals surface area contributed by atoms with Crippen molar-refractivity contribution >= 4 is 0 Å². The Labute approximate surface area is 117 Å². The largest absolute Gasteiger partial charge is 0.489 e. The van der Waals surface area contributed by atoms with Crippen LogP contribution in [0.3, 0.4) is 0 Å². The summed E-state index contributed by atoms with van der Waals surface area (Å²) in [6, 6.07) is 2.95. The van der Waals surface area contributed by atoms with E-state index >= 15 is 0 Å². The maximum Gasteiger partial charge on any atom is 0.138 e. The van der Waals surface area contributed by atoms with Crippen molar-refractivity contribution in [1.29, 1.82) is 0 Å². The van der Waals surface area contributed by atoms with Crippen LogP contribution in [0.25, 0.3) is 0 Å². The van der Waals surface area contributed by atoms with E-state index in [0.29, 0.717) is 12.1 Å². The lowest BCUT2D eigenvalue weighted by atomic mass is 10.0. The van der Waals surface area contributed by atoms with Crippen LogP contribution in [0.2, 0.25) is 0 Å². The Bertz CT molecular complexity index is 364. The Hall–Kier alpha value is -1.09. The van der Waals surface area contributed by atoms with E-state index in [1.807, 2.05) is 20.0 Å². The molecule has 0 aliphatic rings. The lowest BCUT2D eigenvalue weighted by Gasteiger charge is -2.22. The van der Waals surface area contributed by atoms with Gasteiger partial charge >= 0.3 is 0 Å². The molecule has 0 fully saturated rings. The molecule has 1 heterocycles. The number of hydrogen-bond donors (Lipinski definition) is 1. The molecule has 108 valence electrons. The Morgan fingerprint density at radius 1 is 1.21 bits per heavy atom. The molecule has 0 saturated carbocycles. The summed E-state index contributed by atoms with van der Waals surface area (Å²) in [7, 11) is 0. The van der Waals surface area contributed by atoms with Crippen LogP contribution in [0, 0.1) is 0 Å². The molecule has 3 nitrogen and oxygen atoms in total. The van der Waals surface area contributed by atoms with Crippen LogP contribution >= 0.6 is 0 Å². The first-order chi connectivity index (χ1) is 9.02. The van der Waals surface area contributed by atoms with E-state index in [9.17, 15) is 0 Å². The first kappa shape index (κ1) is 16.0. The second-order valence-corrected chi connectivity index (χ2v) is 5.64. The predicted molar refractivity (Wildman–Crippen MR) is 80.5 cm³/mol. The number of nitrogens with zero attached hydrogens (tertiary/aromatic N) is 1. The highest BCUT2D eigenvalue weighted by molar-refractivity contribution is 5.26. The summed E-state index contributed by atoms with van der Waals surface area (Å²) in [5.74, 6) is 0.861. The van der Waals surface area contributed by atoms with Gasteiger partial charge in [0.2, 0.25) is 0 Å². The summed E-state index contributed by atoms with van der Waals surface area (Å²) >= 11 is 0. The van der Waals surface area contributed by atoms with E-state index in [1.165, 1.54) is 18.4 Å². The van der Waals surface area contributed by atoms with Gasteiger partial charge in [0.15, 0.2) is 0 Å². The predicted octanol–water partition coefficient (Wildman–Crippen LogP) is 4.10. The molecule has 0 spiro atoms. The molecule has 19 heavy (non-hydrogen) atoms. The second kappa shape index (κ2) is 8.16. The molecule has 0 aliphatic carbocycles. The normalized spacial score (nSPS) is 13.0. The monoisotopic (exact) mass is 264 g/mol. The van der Waals surface area contributed by atoms with Crippen LogP contribution in [-0.2, 0) is 0 Å². The van der Waals surface area contributed by atoms with Gasteiger partial charge in [-0.1, -0.05) is 33.6 Å². The second-order valence-electron chi connectivity index (χ2n) is 5.64. The quantitative estimate of drug-likeness (QED) is 0.767. The van der Waals surface area contributed by atoms with Gasteiger partial charge in [0.25, 0.3) is 0 Å². The van der Waals surface area contributed by atoms with Gasteiger partial charge < -0.3 is 10.1 Å². The Balaban J connectivity index is 2.81. The van der Waals surface area contributed by atoms with E-state index in [2.05, 4.69) is 37.1 Å². The zero-order chi connectivity index (χ0) is 14.3. The van der Waals surface area contributed by atoms with Gasteiger partial charge in [-0.15, -0.1) is 0 Å². The average molecular weight is 264 g/mol. The van der Waals surface area contributed by atoms with E-state index < -0.39 is 0 Å². The van der Waals surface area contributed by atoms with Gasteiger partial charge in [-0.05, 0) is 31.9 Å². The van der Waals surface area contributed by atoms with Crippen molar-refractivity contribution in [2.75, 3.05) is 0 Å². The van der Waals surface area contributed by atoms with E-state index in [1.54, 1.807) is 6.20 Å². The lowest BCUT2D eigenvalue weighted by Crippen LogP contribution is -2.28. The molecule has 1 N–H and O–H groups in total. The standard InChI is InChI=1S/C16H28N2O/c1-6-7-8-16(18-12(2)3)14-9-15(11-17-10-14)19-13(4)5/h9-13,16,18H,6-8H2,1-5H3. The first-order valence-electron chi connectivity index (χ1n) is 7.40. The molecule has 0 radical (unpaired) electrons. The van der Waals surface area contributed by atoms with Gasteiger partial charge in [0.05, 0.1) is 12.3 Å². The minimum atomic E-state index is 0.184. The smallest absolute Gasteiger partial charge is 0.138 e. The van der Waals surface area contributed by atoms with Gasteiger partial charge in [0, 0.05) is 18.3 Å². The zero-order valence-corrected chi connectivity index (χ0v) is 12.9. The maximum absolute atomic E-state index is 5.72. The molecule has 1 unspecified atom stereocenters. The van der Waals surface area contributed by atoms with E-state index in [4.69, 9.17) is 4.74 Å². The summed E-state index contributed by atoms with van der Waals surface area (Å²) in [6.45, 7) is 10.7. The number of aromatic nitrogens is 1. The first-order valence-corrected chi connectivity index (χ1v) is 7.40. The van der Waals surface area contributed by atoms with Crippen molar-refractivity contribution in [1.82, 2.24) is 10.3 Å². The molecule has 1 rings (SSSR count). The fourth-order valence-corrected chi connectivity index (χ4v) is 2.12. The van der Waals surface area contributed by atoms with Crippen molar-refractivity contribution in [3.8, 4) is 5.75 Å². The molecule has 0 amide bonds. The van der Waals surface area contributed by atoms with Gasteiger partial charge in [-0.3, -0.25) is 4.98 Å². The van der Waals surface area contributed by atoms with Crippen LogP contribution < -0.4 is 10.1 Å². The Kier molecular flexibility index (Phi) is 6.85. The SMILES string of the molecule is CCCCC(NC(C)C)c1cncc(OC(C)C)c1. The van der Waals surface area contributed by atoms with Crippen molar-refractivity contribution in [3.63, 3.8) is 0 Å². The molecular formula is C16H28N2O. The molecule has 3 heteroatoms. The third-order valence-electron chi connectivity index (χ3n) is 2.89. The number of rotatable bonds is 8. The van der Waals surface area contributed by atoms with Crippen molar-refractivity contribution in [2.24, 2.45) is 0 Å². The third kappa shape index (κ3) is 6.06. The fraction of sp³-hybridized carbons (Fsp3) is 0.688. The van der Waals surface area contributed by atoms with Crippen molar-refractivity contribution in [2.45, 2.75) is 72.1 Å². The molecular weight excluding hydrogens is 236 g/mol. The van der Waals surface area contributed by atoms with Gasteiger partial charge in [-0.25, -0.2) is 0 Å². The van der Waals surface area contributed by atoms with Crippen LogP contribution in [-0.4, -0.2) is 17.1 Å². The van der Waals surface area contributed by atoms with Crippen molar-refractivity contribution in [3.05, 3.63) is 24.0 Å². The molecule has 1 atom stereocenters. The average Bonchev–Trinajstić information content (AvgIpc) is 2.33. The summed E-state index contributed by atoms with van der Waals surface area (Å²) in [5.41, 5.74) is 1.22. The lowest BCUT2D eigenvalue weighted by molar-refractivity contribution is 0.241. The molecule has 1 aromatic rings. The van der Waals surface area contributed by atoms with Gasteiger partial charge in [-0.2, -0.15) is 0 Å². The minimum absolute atomic E-state index is 0.184. The summed E-state index contributed by atoms with van der Waals surface area (Å²) in [5, 5.41) is 3.62. The minimum Gasteiger partial charge on any atom is -0.489 e. The molecule has 1 aromatic heterocycles. The number of hydrogen-bond acceptors (Lipinski definition) is 3. The van der Waals surface area contributed by atoms with Crippen LogP contribution in [0.1, 0.15) is 65.5 Å². The molecule has 0 aromatic carbocycles.